The topological polar surface area (TPSA) is 64.6 Å². The number of rotatable bonds is 5. The van der Waals surface area contributed by atoms with Crippen molar-refractivity contribution in [3.8, 4) is 5.75 Å². The second kappa shape index (κ2) is 6.93. The molecule has 0 aliphatic heterocycles. The molecule has 0 saturated heterocycles. The molecule has 20 heavy (non-hydrogen) atoms. The van der Waals surface area contributed by atoms with Crippen LogP contribution in [0.3, 0.4) is 0 Å². The number of methoxy groups -OCH3 is 1. The molecule has 1 atom stereocenters. The van der Waals surface area contributed by atoms with Crippen LogP contribution in [0.4, 0.5) is 0 Å². The van der Waals surface area contributed by atoms with Crippen LogP contribution in [0.5, 0.6) is 5.75 Å². The predicted octanol–water partition coefficient (Wildman–Crippen LogP) is 2.07. The van der Waals surface area contributed by atoms with Gasteiger partial charge in [0.1, 0.15) is 5.75 Å². The third kappa shape index (κ3) is 4.26. The molecule has 110 valence electrons. The highest BCUT2D eigenvalue weighted by molar-refractivity contribution is 5.92. The zero-order valence-electron chi connectivity index (χ0n) is 12.5. The fourth-order valence-electron chi connectivity index (χ4n) is 1.63. The Balaban J connectivity index is 2.73. The van der Waals surface area contributed by atoms with Crippen LogP contribution in [0.2, 0.25) is 0 Å². The van der Waals surface area contributed by atoms with E-state index in [1.807, 2.05) is 20.8 Å². The van der Waals surface area contributed by atoms with E-state index in [0.717, 1.165) is 5.56 Å². The molecule has 0 radical (unpaired) electrons. The summed E-state index contributed by atoms with van der Waals surface area (Å²) in [4.78, 5) is 23.7. The first-order valence-electron chi connectivity index (χ1n) is 6.51. The molecule has 0 aromatic heterocycles. The number of ether oxygens (including phenoxy) is 2. The number of hydrogen-bond acceptors (Lipinski definition) is 4. The van der Waals surface area contributed by atoms with Gasteiger partial charge >= 0.3 is 5.97 Å². The van der Waals surface area contributed by atoms with Crippen molar-refractivity contribution in [1.29, 1.82) is 0 Å². The van der Waals surface area contributed by atoms with Crippen molar-refractivity contribution in [2.75, 3.05) is 7.11 Å². The summed E-state index contributed by atoms with van der Waals surface area (Å²) in [5.74, 6) is -0.249. The first-order chi connectivity index (χ1) is 9.35. The van der Waals surface area contributed by atoms with Gasteiger partial charge in [-0.2, -0.15) is 0 Å². The molecule has 0 fully saturated rings. The zero-order valence-corrected chi connectivity index (χ0v) is 12.5. The average molecular weight is 279 g/mol. The molecular formula is C15H21NO4. The Morgan fingerprint density at radius 2 is 1.85 bits per heavy atom. The first kappa shape index (κ1) is 16.0. The number of hydrogen-bond donors (Lipinski definition) is 1. The van der Waals surface area contributed by atoms with Gasteiger partial charge in [0.15, 0.2) is 6.10 Å². The molecular weight excluding hydrogens is 258 g/mol. The summed E-state index contributed by atoms with van der Waals surface area (Å²) in [5, 5.41) is 2.69. The fraction of sp³-hybridized carbons (Fsp3) is 0.467. The Morgan fingerprint density at radius 1 is 1.20 bits per heavy atom. The quantitative estimate of drug-likeness (QED) is 0.838. The number of carbonyl (C=O) groups excluding carboxylic acids is 2. The summed E-state index contributed by atoms with van der Waals surface area (Å²) in [6.07, 6.45) is -0.836. The minimum atomic E-state index is -0.836. The maximum atomic E-state index is 12.0. The lowest BCUT2D eigenvalue weighted by Crippen LogP contribution is -2.39. The minimum absolute atomic E-state index is 0.00289. The van der Waals surface area contributed by atoms with Gasteiger partial charge < -0.3 is 14.8 Å². The minimum Gasteiger partial charge on any atom is -0.496 e. The van der Waals surface area contributed by atoms with Gasteiger partial charge in [0.05, 0.1) is 12.7 Å². The molecule has 0 bridgehead atoms. The van der Waals surface area contributed by atoms with Crippen molar-refractivity contribution in [1.82, 2.24) is 5.32 Å². The summed E-state index contributed by atoms with van der Waals surface area (Å²) in [7, 11) is 1.54. The van der Waals surface area contributed by atoms with E-state index in [0.29, 0.717) is 11.3 Å². The van der Waals surface area contributed by atoms with Crippen molar-refractivity contribution in [3.05, 3.63) is 29.3 Å². The molecule has 0 heterocycles. The summed E-state index contributed by atoms with van der Waals surface area (Å²) >= 11 is 0. The normalized spacial score (nSPS) is 11.9. The van der Waals surface area contributed by atoms with E-state index in [-0.39, 0.29) is 11.9 Å². The molecule has 0 aliphatic carbocycles. The lowest BCUT2D eigenvalue weighted by molar-refractivity contribution is -0.129. The van der Waals surface area contributed by atoms with E-state index >= 15 is 0 Å². The van der Waals surface area contributed by atoms with Crippen LogP contribution in [-0.2, 0) is 9.53 Å². The van der Waals surface area contributed by atoms with Crippen LogP contribution < -0.4 is 10.1 Å². The number of benzene rings is 1. The van der Waals surface area contributed by atoms with Crippen LogP contribution in [-0.4, -0.2) is 31.1 Å². The first-order valence-corrected chi connectivity index (χ1v) is 6.51. The summed E-state index contributed by atoms with van der Waals surface area (Å²) in [6, 6.07) is 5.02. The maximum absolute atomic E-state index is 12.0. The van der Waals surface area contributed by atoms with Gasteiger partial charge in [-0.25, -0.2) is 4.79 Å². The fourth-order valence-corrected chi connectivity index (χ4v) is 1.63. The summed E-state index contributed by atoms with van der Waals surface area (Å²) in [6.45, 7) is 7.11. The molecule has 1 N–H and O–H groups in total. The average Bonchev–Trinajstić information content (AvgIpc) is 2.38. The van der Waals surface area contributed by atoms with Gasteiger partial charge in [0.2, 0.25) is 0 Å². The van der Waals surface area contributed by atoms with Gasteiger partial charge in [-0.15, -0.1) is 0 Å². The van der Waals surface area contributed by atoms with Gasteiger partial charge in [-0.3, -0.25) is 4.79 Å². The van der Waals surface area contributed by atoms with Crippen molar-refractivity contribution in [2.24, 2.45) is 0 Å². The number of esters is 1. The van der Waals surface area contributed by atoms with E-state index in [9.17, 15) is 9.59 Å². The van der Waals surface area contributed by atoms with Crippen LogP contribution >= 0.6 is 0 Å². The number of carbonyl (C=O) groups is 2. The van der Waals surface area contributed by atoms with E-state index in [4.69, 9.17) is 9.47 Å². The Hall–Kier alpha value is -2.04. The third-order valence-electron chi connectivity index (χ3n) is 2.73. The SMILES string of the molecule is COc1cc(C(=O)O[C@@H](C)C(=O)NC(C)C)ccc1C. The van der Waals surface area contributed by atoms with Gasteiger partial charge in [-0.05, 0) is 45.4 Å². The van der Waals surface area contributed by atoms with Crippen molar-refractivity contribution in [3.63, 3.8) is 0 Å². The van der Waals surface area contributed by atoms with Crippen LogP contribution in [0, 0.1) is 6.92 Å². The van der Waals surface area contributed by atoms with E-state index in [1.165, 1.54) is 7.11 Å². The van der Waals surface area contributed by atoms with E-state index in [1.54, 1.807) is 25.1 Å². The lowest BCUT2D eigenvalue weighted by atomic mass is 10.1. The number of nitrogens with one attached hydrogen (secondary N) is 1. The van der Waals surface area contributed by atoms with Crippen molar-refractivity contribution >= 4 is 11.9 Å². The smallest absolute Gasteiger partial charge is 0.339 e. The van der Waals surface area contributed by atoms with Crippen molar-refractivity contribution < 1.29 is 19.1 Å². The third-order valence-corrected chi connectivity index (χ3v) is 2.73. The predicted molar refractivity (Wildman–Crippen MR) is 75.9 cm³/mol. The molecule has 0 aliphatic rings. The highest BCUT2D eigenvalue weighted by Crippen LogP contribution is 2.19. The monoisotopic (exact) mass is 279 g/mol. The molecule has 1 aromatic rings. The van der Waals surface area contributed by atoms with Gasteiger partial charge in [0, 0.05) is 6.04 Å². The van der Waals surface area contributed by atoms with Crippen LogP contribution in [0.25, 0.3) is 0 Å². The second-order valence-corrected chi connectivity index (χ2v) is 4.90. The number of amides is 1. The van der Waals surface area contributed by atoms with Gasteiger partial charge in [0.25, 0.3) is 5.91 Å². The Bertz CT molecular complexity index is 497. The second-order valence-electron chi connectivity index (χ2n) is 4.90. The van der Waals surface area contributed by atoms with E-state index in [2.05, 4.69) is 5.32 Å². The van der Waals surface area contributed by atoms with Crippen LogP contribution in [0.15, 0.2) is 18.2 Å². The number of aryl methyl sites for hydroxylation is 1. The highest BCUT2D eigenvalue weighted by atomic mass is 16.5. The maximum Gasteiger partial charge on any atom is 0.339 e. The Labute approximate surface area is 119 Å². The molecule has 0 spiro atoms. The van der Waals surface area contributed by atoms with Crippen LogP contribution in [0.1, 0.15) is 36.7 Å². The zero-order chi connectivity index (χ0) is 15.3. The molecule has 1 amide bonds. The molecule has 0 saturated carbocycles. The molecule has 0 unspecified atom stereocenters. The van der Waals surface area contributed by atoms with Gasteiger partial charge in [-0.1, -0.05) is 6.07 Å². The lowest BCUT2D eigenvalue weighted by Gasteiger charge is -2.15. The van der Waals surface area contributed by atoms with E-state index < -0.39 is 12.1 Å². The molecule has 5 nitrogen and oxygen atoms in total. The van der Waals surface area contributed by atoms with Crippen molar-refractivity contribution in [2.45, 2.75) is 39.8 Å². The Morgan fingerprint density at radius 3 is 2.40 bits per heavy atom. The molecule has 1 rings (SSSR count). The molecule has 1 aromatic carbocycles. The standard InChI is InChI=1S/C15H21NO4/c1-9(2)16-14(17)11(4)20-15(18)12-7-6-10(3)13(8-12)19-5/h6-9,11H,1-5H3,(H,16,17)/t11-/m0/s1. The molecule has 5 heteroatoms. The highest BCUT2D eigenvalue weighted by Gasteiger charge is 2.19. The summed E-state index contributed by atoms with van der Waals surface area (Å²) in [5.41, 5.74) is 1.28. The largest absolute Gasteiger partial charge is 0.496 e. The Kier molecular flexibility index (Phi) is 5.55. The summed E-state index contributed by atoms with van der Waals surface area (Å²) < 4.78 is 10.3.